The molecule has 1 heterocycles. The summed E-state index contributed by atoms with van der Waals surface area (Å²) in [4.78, 5) is 25.2. The Kier molecular flexibility index (Phi) is 5.24. The van der Waals surface area contributed by atoms with Crippen molar-refractivity contribution in [2.45, 2.75) is 0 Å². The molecular weight excluding hydrogens is 372 g/mol. The Morgan fingerprint density at radius 3 is 2.77 bits per heavy atom. The van der Waals surface area contributed by atoms with E-state index in [0.29, 0.717) is 10.7 Å². The molecule has 1 saturated heterocycles. The first-order valence-electron chi connectivity index (χ1n) is 7.50. The van der Waals surface area contributed by atoms with Crippen LogP contribution in [0, 0.1) is 0 Å². The third kappa shape index (κ3) is 3.71. The van der Waals surface area contributed by atoms with Crippen molar-refractivity contribution in [3.8, 4) is 11.5 Å². The van der Waals surface area contributed by atoms with Gasteiger partial charge >= 0.3 is 0 Å². The Labute approximate surface area is 159 Å². The lowest BCUT2D eigenvalue weighted by atomic mass is 10.2. The van der Waals surface area contributed by atoms with Crippen LogP contribution in [0.1, 0.15) is 15.9 Å². The summed E-state index contributed by atoms with van der Waals surface area (Å²) in [5.74, 6) is -0.571. The minimum atomic E-state index is -0.623. The van der Waals surface area contributed by atoms with E-state index in [0.717, 1.165) is 22.3 Å². The van der Waals surface area contributed by atoms with Gasteiger partial charge in [-0.3, -0.25) is 15.0 Å². The molecule has 0 spiro atoms. The molecule has 8 heteroatoms. The van der Waals surface area contributed by atoms with Gasteiger partial charge in [0.1, 0.15) is 11.5 Å². The van der Waals surface area contributed by atoms with E-state index >= 15 is 0 Å². The predicted octanol–water partition coefficient (Wildman–Crippen LogP) is 2.95. The quantitative estimate of drug-likeness (QED) is 0.621. The van der Waals surface area contributed by atoms with Crippen LogP contribution in [0.5, 0.6) is 11.5 Å². The highest BCUT2D eigenvalue weighted by molar-refractivity contribution is 8.26. The average Bonchev–Trinajstić information content (AvgIpc) is 2.89. The summed E-state index contributed by atoms with van der Waals surface area (Å²) in [5.41, 5.74) is 3.26. The van der Waals surface area contributed by atoms with Gasteiger partial charge < -0.3 is 9.84 Å². The first-order chi connectivity index (χ1) is 12.5. The summed E-state index contributed by atoms with van der Waals surface area (Å²) in [7, 11) is 1.56. The molecule has 2 aromatic rings. The first-order valence-corrected chi connectivity index (χ1v) is 8.73. The third-order valence-corrected chi connectivity index (χ3v) is 4.85. The van der Waals surface area contributed by atoms with Crippen LogP contribution in [-0.2, 0) is 4.79 Å². The highest BCUT2D eigenvalue weighted by atomic mass is 32.2. The van der Waals surface area contributed by atoms with Gasteiger partial charge in [-0.05, 0) is 48.1 Å². The number of nitrogens with zero attached hydrogens (tertiary/aromatic N) is 1. The van der Waals surface area contributed by atoms with E-state index in [-0.39, 0.29) is 15.6 Å². The Hall–Kier alpha value is -2.84. The summed E-state index contributed by atoms with van der Waals surface area (Å²) in [6.07, 6.45) is 1.67. The monoisotopic (exact) mass is 386 g/mol. The molecule has 2 amide bonds. The first kappa shape index (κ1) is 18.0. The Balaban J connectivity index is 1.79. The van der Waals surface area contributed by atoms with E-state index in [1.165, 1.54) is 12.1 Å². The van der Waals surface area contributed by atoms with E-state index in [9.17, 15) is 14.7 Å². The second kappa shape index (κ2) is 7.59. The van der Waals surface area contributed by atoms with Crippen molar-refractivity contribution in [3.05, 3.63) is 64.6 Å². The fraction of sp³-hybridized carbons (Fsp3) is 0.0556. The van der Waals surface area contributed by atoms with Gasteiger partial charge in [-0.15, -0.1) is 0 Å². The van der Waals surface area contributed by atoms with Crippen molar-refractivity contribution in [1.82, 2.24) is 10.4 Å². The van der Waals surface area contributed by atoms with Crippen LogP contribution in [0.4, 0.5) is 0 Å². The number of phenols is 1. The Morgan fingerprint density at radius 1 is 1.27 bits per heavy atom. The molecule has 0 saturated carbocycles. The summed E-state index contributed by atoms with van der Waals surface area (Å²) in [6.45, 7) is 0. The number of carbonyl (C=O) groups excluding carboxylic acids is 2. The van der Waals surface area contributed by atoms with E-state index < -0.39 is 11.8 Å². The second-order valence-electron chi connectivity index (χ2n) is 5.25. The van der Waals surface area contributed by atoms with Crippen LogP contribution in [-0.4, -0.2) is 33.4 Å². The molecule has 0 atom stereocenters. The van der Waals surface area contributed by atoms with Crippen LogP contribution in [0.3, 0.4) is 0 Å². The number of amides is 2. The molecule has 6 nitrogen and oxygen atoms in total. The zero-order valence-corrected chi connectivity index (χ0v) is 15.3. The number of rotatable bonds is 4. The van der Waals surface area contributed by atoms with Crippen molar-refractivity contribution in [3.63, 3.8) is 0 Å². The standard InChI is InChI=1S/C18H14N2O4S2/c1-24-12-6-4-5-11(9-12)10-15-17(23)20(18(25)26-15)19-16(22)13-7-2-3-8-14(13)21/h2-10,21H,1H3,(H,19,22). The normalized spacial score (nSPS) is 15.4. The lowest BCUT2D eigenvalue weighted by molar-refractivity contribution is -0.123. The lowest BCUT2D eigenvalue weighted by Crippen LogP contribution is -2.44. The number of thiocarbonyl (C=S) groups is 1. The number of ether oxygens (including phenoxy) is 1. The van der Waals surface area contributed by atoms with Crippen LogP contribution in [0.25, 0.3) is 6.08 Å². The number of methoxy groups -OCH3 is 1. The number of phenolic OH excluding ortho intramolecular Hbond substituents is 1. The molecule has 1 aliphatic heterocycles. The second-order valence-corrected chi connectivity index (χ2v) is 6.93. The molecule has 1 fully saturated rings. The minimum absolute atomic E-state index is 0.0540. The number of para-hydroxylation sites is 1. The number of benzene rings is 2. The van der Waals surface area contributed by atoms with Crippen molar-refractivity contribution in [1.29, 1.82) is 0 Å². The van der Waals surface area contributed by atoms with E-state index in [2.05, 4.69) is 5.43 Å². The van der Waals surface area contributed by atoms with Gasteiger partial charge in [0.25, 0.3) is 11.8 Å². The summed E-state index contributed by atoms with van der Waals surface area (Å²) >= 11 is 6.27. The fourth-order valence-electron chi connectivity index (χ4n) is 2.27. The number of hydrogen-bond donors (Lipinski definition) is 2. The molecule has 0 unspecified atom stereocenters. The number of hydrazine groups is 1. The zero-order chi connectivity index (χ0) is 18.7. The highest BCUT2D eigenvalue weighted by Gasteiger charge is 2.34. The van der Waals surface area contributed by atoms with Gasteiger partial charge in [0.2, 0.25) is 0 Å². The molecule has 26 heavy (non-hydrogen) atoms. The van der Waals surface area contributed by atoms with Crippen molar-refractivity contribution in [2.24, 2.45) is 0 Å². The van der Waals surface area contributed by atoms with Gasteiger partial charge in [-0.25, -0.2) is 0 Å². The summed E-state index contributed by atoms with van der Waals surface area (Å²) < 4.78 is 5.37. The fourth-order valence-corrected chi connectivity index (χ4v) is 3.45. The number of aromatic hydroxyl groups is 1. The van der Waals surface area contributed by atoms with Crippen molar-refractivity contribution in [2.75, 3.05) is 7.11 Å². The van der Waals surface area contributed by atoms with Crippen LogP contribution >= 0.6 is 24.0 Å². The molecular formula is C18H14N2O4S2. The molecule has 1 aliphatic rings. The SMILES string of the molecule is COc1cccc(C=C2SC(=S)N(NC(=O)c3ccccc3O)C2=O)c1. The minimum Gasteiger partial charge on any atom is -0.507 e. The molecule has 0 bridgehead atoms. The van der Waals surface area contributed by atoms with Crippen LogP contribution in [0.15, 0.2) is 53.4 Å². The van der Waals surface area contributed by atoms with Crippen LogP contribution in [0.2, 0.25) is 0 Å². The maximum absolute atomic E-state index is 12.6. The molecule has 3 rings (SSSR count). The molecule has 0 aromatic heterocycles. The Bertz CT molecular complexity index is 927. The van der Waals surface area contributed by atoms with Gasteiger partial charge in [0, 0.05) is 0 Å². The molecule has 2 N–H and O–H groups in total. The lowest BCUT2D eigenvalue weighted by Gasteiger charge is -2.16. The number of thioether (sulfide) groups is 1. The van der Waals surface area contributed by atoms with Gasteiger partial charge in [0.15, 0.2) is 4.32 Å². The predicted molar refractivity (Wildman–Crippen MR) is 104 cm³/mol. The number of hydrogen-bond acceptors (Lipinski definition) is 6. The number of carbonyl (C=O) groups is 2. The molecule has 2 aromatic carbocycles. The maximum Gasteiger partial charge on any atom is 0.285 e. The summed E-state index contributed by atoms with van der Waals surface area (Å²) in [6, 6.07) is 13.3. The topological polar surface area (TPSA) is 78.9 Å². The van der Waals surface area contributed by atoms with Gasteiger partial charge in [0.05, 0.1) is 17.6 Å². The van der Waals surface area contributed by atoms with E-state index in [1.807, 2.05) is 12.1 Å². The molecule has 132 valence electrons. The smallest absolute Gasteiger partial charge is 0.285 e. The zero-order valence-electron chi connectivity index (χ0n) is 13.6. The number of nitrogens with one attached hydrogen (secondary N) is 1. The van der Waals surface area contributed by atoms with Crippen molar-refractivity contribution < 1.29 is 19.4 Å². The van der Waals surface area contributed by atoms with Gasteiger partial charge in [-0.1, -0.05) is 36.0 Å². The maximum atomic E-state index is 12.6. The van der Waals surface area contributed by atoms with E-state index in [4.69, 9.17) is 17.0 Å². The van der Waals surface area contributed by atoms with Gasteiger partial charge in [-0.2, -0.15) is 5.01 Å². The van der Waals surface area contributed by atoms with Crippen molar-refractivity contribution >= 4 is 46.2 Å². The molecule has 0 radical (unpaired) electrons. The van der Waals surface area contributed by atoms with E-state index in [1.54, 1.807) is 37.5 Å². The summed E-state index contributed by atoms with van der Waals surface area (Å²) in [5, 5.41) is 10.8. The third-order valence-electron chi connectivity index (χ3n) is 3.55. The molecule has 0 aliphatic carbocycles. The average molecular weight is 386 g/mol. The highest BCUT2D eigenvalue weighted by Crippen LogP contribution is 2.32. The largest absolute Gasteiger partial charge is 0.507 e. The Morgan fingerprint density at radius 2 is 2.04 bits per heavy atom. The van der Waals surface area contributed by atoms with Crippen LogP contribution < -0.4 is 10.2 Å².